The fourth-order valence-corrected chi connectivity index (χ4v) is 2.62. The van der Waals surface area contributed by atoms with Crippen molar-refractivity contribution in [2.24, 2.45) is 0 Å². The van der Waals surface area contributed by atoms with Crippen LogP contribution in [-0.4, -0.2) is 25.5 Å². The highest BCUT2D eigenvalue weighted by Crippen LogP contribution is 2.25. The quantitative estimate of drug-likeness (QED) is 0.421. The SMILES string of the molecule is CC(=O)Oc1ccc(Cn2cnc3c(-c4ccco4)ncnc32)cc1. The van der Waals surface area contributed by atoms with Gasteiger partial charge in [-0.2, -0.15) is 0 Å². The number of furan rings is 1. The molecule has 0 bridgehead atoms. The fourth-order valence-electron chi connectivity index (χ4n) is 2.62. The van der Waals surface area contributed by atoms with Crippen molar-refractivity contribution >= 4 is 17.1 Å². The Bertz CT molecular complexity index is 1020. The molecule has 0 fully saturated rings. The lowest BCUT2D eigenvalue weighted by atomic mass is 10.2. The van der Waals surface area contributed by atoms with Gasteiger partial charge >= 0.3 is 5.97 Å². The number of fused-ring (bicyclic) bond motifs is 1. The van der Waals surface area contributed by atoms with Gasteiger partial charge in [0.2, 0.25) is 0 Å². The fraction of sp³-hybridized carbons (Fsp3) is 0.111. The molecule has 3 heterocycles. The van der Waals surface area contributed by atoms with Gasteiger partial charge in [-0.3, -0.25) is 4.79 Å². The Morgan fingerprint density at radius 1 is 1.16 bits per heavy atom. The summed E-state index contributed by atoms with van der Waals surface area (Å²) in [5.41, 5.74) is 3.12. The summed E-state index contributed by atoms with van der Waals surface area (Å²) in [7, 11) is 0. The van der Waals surface area contributed by atoms with Crippen LogP contribution in [-0.2, 0) is 11.3 Å². The minimum atomic E-state index is -0.337. The Balaban J connectivity index is 1.64. The second-order valence-corrected chi connectivity index (χ2v) is 5.48. The number of esters is 1. The Morgan fingerprint density at radius 2 is 2.00 bits per heavy atom. The Hall–Kier alpha value is -3.48. The first kappa shape index (κ1) is 15.1. The number of rotatable bonds is 4. The molecule has 0 spiro atoms. The lowest BCUT2D eigenvalue weighted by Gasteiger charge is -2.06. The predicted molar refractivity (Wildman–Crippen MR) is 89.9 cm³/mol. The summed E-state index contributed by atoms with van der Waals surface area (Å²) in [5, 5.41) is 0. The van der Waals surface area contributed by atoms with Gasteiger partial charge in [-0.15, -0.1) is 0 Å². The van der Waals surface area contributed by atoms with E-state index in [4.69, 9.17) is 9.15 Å². The van der Waals surface area contributed by atoms with E-state index in [1.807, 2.05) is 28.8 Å². The summed E-state index contributed by atoms with van der Waals surface area (Å²) >= 11 is 0. The van der Waals surface area contributed by atoms with Crippen molar-refractivity contribution < 1.29 is 13.9 Å². The van der Waals surface area contributed by atoms with Gasteiger partial charge < -0.3 is 13.7 Å². The van der Waals surface area contributed by atoms with Crippen LogP contribution in [0.1, 0.15) is 12.5 Å². The van der Waals surface area contributed by atoms with Crippen LogP contribution in [0.2, 0.25) is 0 Å². The summed E-state index contributed by atoms with van der Waals surface area (Å²) in [6.07, 6.45) is 4.83. The molecule has 3 aromatic heterocycles. The molecule has 0 radical (unpaired) electrons. The van der Waals surface area contributed by atoms with E-state index in [2.05, 4.69) is 15.0 Å². The van der Waals surface area contributed by atoms with Crippen LogP contribution in [0.15, 0.2) is 59.7 Å². The van der Waals surface area contributed by atoms with E-state index in [1.165, 1.54) is 13.3 Å². The zero-order valence-corrected chi connectivity index (χ0v) is 13.4. The summed E-state index contributed by atoms with van der Waals surface area (Å²) in [6.45, 7) is 1.97. The predicted octanol–water partition coefficient (Wildman–Crippen LogP) is 3.06. The summed E-state index contributed by atoms with van der Waals surface area (Å²) in [5.74, 6) is 0.841. The number of benzene rings is 1. The van der Waals surface area contributed by atoms with Gasteiger partial charge in [0.25, 0.3) is 0 Å². The molecule has 25 heavy (non-hydrogen) atoms. The monoisotopic (exact) mass is 334 g/mol. The highest BCUT2D eigenvalue weighted by Gasteiger charge is 2.13. The average molecular weight is 334 g/mol. The average Bonchev–Trinajstić information content (AvgIpc) is 3.26. The van der Waals surface area contributed by atoms with Crippen LogP contribution in [0.4, 0.5) is 0 Å². The molecule has 7 heteroatoms. The van der Waals surface area contributed by atoms with Gasteiger partial charge in [0.1, 0.15) is 23.3 Å². The zero-order chi connectivity index (χ0) is 17.2. The molecule has 0 N–H and O–H groups in total. The van der Waals surface area contributed by atoms with Crippen molar-refractivity contribution in [3.05, 3.63) is 60.9 Å². The number of hydrogen-bond donors (Lipinski definition) is 0. The zero-order valence-electron chi connectivity index (χ0n) is 13.4. The first-order valence-corrected chi connectivity index (χ1v) is 7.68. The van der Waals surface area contributed by atoms with Crippen LogP contribution in [0, 0.1) is 0 Å². The highest BCUT2D eigenvalue weighted by atomic mass is 16.5. The van der Waals surface area contributed by atoms with Gasteiger partial charge in [0.05, 0.1) is 19.1 Å². The van der Waals surface area contributed by atoms with E-state index >= 15 is 0 Å². The van der Waals surface area contributed by atoms with Crippen molar-refractivity contribution in [1.29, 1.82) is 0 Å². The number of carbonyl (C=O) groups is 1. The summed E-state index contributed by atoms with van der Waals surface area (Å²) in [6, 6.07) is 11.0. The lowest BCUT2D eigenvalue weighted by molar-refractivity contribution is -0.131. The van der Waals surface area contributed by atoms with Crippen molar-refractivity contribution in [3.63, 3.8) is 0 Å². The van der Waals surface area contributed by atoms with Crippen LogP contribution < -0.4 is 4.74 Å². The first-order chi connectivity index (χ1) is 12.2. The van der Waals surface area contributed by atoms with Gasteiger partial charge in [0, 0.05) is 6.92 Å². The van der Waals surface area contributed by atoms with Gasteiger partial charge in [0.15, 0.2) is 11.4 Å². The Labute approximate surface area is 142 Å². The van der Waals surface area contributed by atoms with E-state index in [0.29, 0.717) is 29.3 Å². The molecule has 7 nitrogen and oxygen atoms in total. The Kier molecular flexibility index (Phi) is 3.74. The number of nitrogens with zero attached hydrogens (tertiary/aromatic N) is 4. The number of imidazole rings is 1. The molecule has 124 valence electrons. The molecule has 0 aliphatic heterocycles. The lowest BCUT2D eigenvalue weighted by Crippen LogP contribution is -2.02. The normalized spacial score (nSPS) is 10.9. The molecular weight excluding hydrogens is 320 g/mol. The Morgan fingerprint density at radius 3 is 2.72 bits per heavy atom. The smallest absolute Gasteiger partial charge is 0.308 e. The molecule has 0 aliphatic carbocycles. The van der Waals surface area contributed by atoms with Crippen molar-refractivity contribution in [2.45, 2.75) is 13.5 Å². The van der Waals surface area contributed by atoms with Gasteiger partial charge in [-0.05, 0) is 29.8 Å². The molecule has 0 unspecified atom stereocenters. The molecule has 4 rings (SSSR count). The van der Waals surface area contributed by atoms with E-state index in [1.54, 1.807) is 24.7 Å². The summed E-state index contributed by atoms with van der Waals surface area (Å²) < 4.78 is 12.4. The third-order valence-corrected chi connectivity index (χ3v) is 3.69. The maximum absolute atomic E-state index is 11.0. The third kappa shape index (κ3) is 2.99. The first-order valence-electron chi connectivity index (χ1n) is 7.68. The standard InChI is InChI=1S/C18H14N4O3/c1-12(23)25-14-6-4-13(5-7-14)9-22-11-21-17-16(15-3-2-8-24-15)19-10-20-18(17)22/h2-8,10-11H,9H2,1H3. The highest BCUT2D eigenvalue weighted by molar-refractivity contribution is 5.85. The maximum Gasteiger partial charge on any atom is 0.308 e. The molecular formula is C18H14N4O3. The van der Waals surface area contributed by atoms with E-state index in [-0.39, 0.29) is 5.97 Å². The van der Waals surface area contributed by atoms with Crippen molar-refractivity contribution in [2.75, 3.05) is 0 Å². The number of ether oxygens (including phenoxy) is 1. The van der Waals surface area contributed by atoms with Gasteiger partial charge in [-0.25, -0.2) is 15.0 Å². The number of carbonyl (C=O) groups excluding carboxylic acids is 1. The largest absolute Gasteiger partial charge is 0.463 e. The molecule has 1 aromatic carbocycles. The topological polar surface area (TPSA) is 83.0 Å². The van der Waals surface area contributed by atoms with Crippen LogP contribution in [0.5, 0.6) is 5.75 Å². The molecule has 0 saturated heterocycles. The molecule has 0 amide bonds. The molecule has 0 aliphatic rings. The second kappa shape index (κ2) is 6.20. The van der Waals surface area contributed by atoms with Crippen LogP contribution in [0.25, 0.3) is 22.6 Å². The number of hydrogen-bond acceptors (Lipinski definition) is 6. The second-order valence-electron chi connectivity index (χ2n) is 5.48. The van der Waals surface area contributed by atoms with Gasteiger partial charge in [-0.1, -0.05) is 12.1 Å². The van der Waals surface area contributed by atoms with Crippen LogP contribution in [0.3, 0.4) is 0 Å². The van der Waals surface area contributed by atoms with E-state index in [9.17, 15) is 4.79 Å². The molecule has 0 atom stereocenters. The van der Waals surface area contributed by atoms with E-state index in [0.717, 1.165) is 11.2 Å². The van der Waals surface area contributed by atoms with Crippen LogP contribution >= 0.6 is 0 Å². The maximum atomic E-state index is 11.0. The third-order valence-electron chi connectivity index (χ3n) is 3.69. The van der Waals surface area contributed by atoms with E-state index < -0.39 is 0 Å². The molecule has 0 saturated carbocycles. The van der Waals surface area contributed by atoms with Crippen molar-refractivity contribution in [3.8, 4) is 17.2 Å². The minimum Gasteiger partial charge on any atom is -0.463 e. The minimum absolute atomic E-state index is 0.337. The number of aromatic nitrogens is 4. The molecule has 4 aromatic rings. The van der Waals surface area contributed by atoms with Crippen molar-refractivity contribution in [1.82, 2.24) is 19.5 Å². The summed E-state index contributed by atoms with van der Waals surface area (Å²) in [4.78, 5) is 24.0.